The fraction of sp³-hybridized carbons (Fsp3) is 0.417. The van der Waals surface area contributed by atoms with Gasteiger partial charge in [0.15, 0.2) is 0 Å². The van der Waals surface area contributed by atoms with E-state index in [1.807, 2.05) is 19.9 Å². The molecule has 172 valence electrons. The van der Waals surface area contributed by atoms with Crippen molar-refractivity contribution in [2.45, 2.75) is 63.7 Å². The van der Waals surface area contributed by atoms with Crippen molar-refractivity contribution in [3.8, 4) is 0 Å². The number of nitrogens with one attached hydrogen (secondary N) is 1. The van der Waals surface area contributed by atoms with Gasteiger partial charge in [-0.15, -0.1) is 0 Å². The summed E-state index contributed by atoms with van der Waals surface area (Å²) in [7, 11) is -3.98. The summed E-state index contributed by atoms with van der Waals surface area (Å²) in [5.74, 6) is -0.477. The van der Waals surface area contributed by atoms with E-state index in [-0.39, 0.29) is 11.4 Å². The normalized spacial score (nSPS) is 14.9. The lowest BCUT2D eigenvalue weighted by molar-refractivity contribution is -0.119. The van der Waals surface area contributed by atoms with Gasteiger partial charge in [0.1, 0.15) is 6.54 Å². The van der Waals surface area contributed by atoms with Gasteiger partial charge in [-0.05, 0) is 87.1 Å². The molecule has 2 aromatic carbocycles. The molecule has 0 saturated heterocycles. The predicted octanol–water partition coefficient (Wildman–Crippen LogP) is 5.37. The Morgan fingerprint density at radius 2 is 1.59 bits per heavy atom. The molecule has 0 spiro atoms. The molecule has 0 aromatic heterocycles. The quantitative estimate of drug-likeness (QED) is 0.570. The molecule has 1 N–H and O–H groups in total. The van der Waals surface area contributed by atoms with Crippen LogP contribution in [0.25, 0.3) is 0 Å². The van der Waals surface area contributed by atoms with Gasteiger partial charge in [0.05, 0.1) is 10.6 Å². The van der Waals surface area contributed by atoms with Gasteiger partial charge in [0.2, 0.25) is 0 Å². The first-order valence-electron chi connectivity index (χ1n) is 11.0. The molecular weight excluding hydrogens is 446 g/mol. The number of hydrazone groups is 1. The Labute approximate surface area is 195 Å². The van der Waals surface area contributed by atoms with Gasteiger partial charge < -0.3 is 0 Å². The van der Waals surface area contributed by atoms with Crippen molar-refractivity contribution >= 4 is 38.9 Å². The van der Waals surface area contributed by atoms with E-state index in [9.17, 15) is 13.2 Å². The molecule has 32 heavy (non-hydrogen) atoms. The van der Waals surface area contributed by atoms with E-state index < -0.39 is 15.9 Å². The molecule has 0 unspecified atom stereocenters. The number of hydrogen-bond donors (Lipinski definition) is 1. The van der Waals surface area contributed by atoms with Crippen LogP contribution >= 0.6 is 11.6 Å². The molecule has 0 bridgehead atoms. The van der Waals surface area contributed by atoms with Crippen molar-refractivity contribution in [3.05, 3.63) is 58.6 Å². The highest BCUT2D eigenvalue weighted by Gasteiger charge is 2.27. The Hall–Kier alpha value is -2.38. The molecule has 1 aliphatic carbocycles. The standard InChI is InChI=1S/C24H30ClN3O3S/c1-18-10-13-22(16-19(18)2)28(32(30,31)23-14-11-20(25)12-15-23)17-24(29)27-26-21-8-6-4-3-5-7-9-21/h10-16H,3-9,17H2,1-2H3,(H,27,29). The Kier molecular flexibility index (Phi) is 8.32. The summed E-state index contributed by atoms with van der Waals surface area (Å²) >= 11 is 5.93. The first-order valence-corrected chi connectivity index (χ1v) is 12.8. The smallest absolute Gasteiger partial charge is 0.264 e. The van der Waals surface area contributed by atoms with Gasteiger partial charge in [-0.1, -0.05) is 36.9 Å². The number of anilines is 1. The van der Waals surface area contributed by atoms with Crippen LogP contribution in [0.2, 0.25) is 5.02 Å². The molecule has 8 heteroatoms. The molecule has 1 aliphatic rings. The molecule has 3 rings (SSSR count). The lowest BCUT2D eigenvalue weighted by atomic mass is 9.99. The molecule has 0 atom stereocenters. The summed E-state index contributed by atoms with van der Waals surface area (Å²) < 4.78 is 28.0. The van der Waals surface area contributed by atoms with Crippen LogP contribution in [0.4, 0.5) is 5.69 Å². The summed E-state index contributed by atoms with van der Waals surface area (Å²) in [4.78, 5) is 12.8. The van der Waals surface area contributed by atoms with E-state index in [2.05, 4.69) is 10.5 Å². The van der Waals surface area contributed by atoms with E-state index >= 15 is 0 Å². The monoisotopic (exact) mass is 475 g/mol. The zero-order chi connectivity index (χ0) is 23.1. The number of rotatable bonds is 6. The SMILES string of the molecule is Cc1ccc(N(CC(=O)NN=C2CCCCCCC2)S(=O)(=O)c2ccc(Cl)cc2)cc1C. The fourth-order valence-corrected chi connectivity index (χ4v) is 5.20. The number of benzene rings is 2. The molecule has 0 radical (unpaired) electrons. The molecular formula is C24H30ClN3O3S. The lowest BCUT2D eigenvalue weighted by Crippen LogP contribution is -2.39. The second kappa shape index (κ2) is 11.0. The minimum absolute atomic E-state index is 0.0688. The summed E-state index contributed by atoms with van der Waals surface area (Å²) in [6.45, 7) is 3.49. The topological polar surface area (TPSA) is 78.8 Å². The van der Waals surface area contributed by atoms with E-state index in [0.29, 0.717) is 10.7 Å². The highest BCUT2D eigenvalue weighted by molar-refractivity contribution is 7.92. The number of halogens is 1. The number of sulfonamides is 1. The van der Waals surface area contributed by atoms with Crippen molar-refractivity contribution in [3.63, 3.8) is 0 Å². The lowest BCUT2D eigenvalue weighted by Gasteiger charge is -2.24. The average Bonchev–Trinajstić information content (AvgIpc) is 2.73. The minimum atomic E-state index is -3.98. The summed E-state index contributed by atoms with van der Waals surface area (Å²) in [6, 6.07) is 11.3. The Morgan fingerprint density at radius 1 is 0.969 bits per heavy atom. The van der Waals surface area contributed by atoms with Crippen molar-refractivity contribution in [2.75, 3.05) is 10.8 Å². The van der Waals surface area contributed by atoms with Crippen LogP contribution in [0, 0.1) is 13.8 Å². The van der Waals surface area contributed by atoms with Gasteiger partial charge in [-0.25, -0.2) is 13.8 Å². The largest absolute Gasteiger partial charge is 0.271 e. The third-order valence-electron chi connectivity index (χ3n) is 5.74. The maximum absolute atomic E-state index is 13.4. The van der Waals surface area contributed by atoms with Gasteiger partial charge in [-0.3, -0.25) is 9.10 Å². The van der Waals surface area contributed by atoms with E-state index in [1.165, 1.54) is 43.5 Å². The molecule has 1 fully saturated rings. The second-order valence-electron chi connectivity index (χ2n) is 8.21. The Balaban J connectivity index is 1.86. The molecule has 0 aliphatic heterocycles. The Bertz CT molecular complexity index is 1070. The first-order chi connectivity index (χ1) is 15.3. The van der Waals surface area contributed by atoms with Crippen LogP contribution in [0.5, 0.6) is 0 Å². The van der Waals surface area contributed by atoms with Crippen LogP contribution in [-0.4, -0.2) is 26.6 Å². The first kappa shape index (κ1) is 24.3. The van der Waals surface area contributed by atoms with E-state index in [0.717, 1.165) is 46.8 Å². The fourth-order valence-electron chi connectivity index (χ4n) is 3.66. The highest BCUT2D eigenvalue weighted by Crippen LogP contribution is 2.26. The van der Waals surface area contributed by atoms with Crippen molar-refractivity contribution in [2.24, 2.45) is 5.10 Å². The molecule has 1 amide bonds. The van der Waals surface area contributed by atoms with Crippen LogP contribution in [0.1, 0.15) is 56.1 Å². The predicted molar refractivity (Wildman–Crippen MR) is 130 cm³/mol. The average molecular weight is 476 g/mol. The van der Waals surface area contributed by atoms with Crippen LogP contribution in [0.15, 0.2) is 52.5 Å². The van der Waals surface area contributed by atoms with Crippen molar-refractivity contribution < 1.29 is 13.2 Å². The summed E-state index contributed by atoms with van der Waals surface area (Å²) in [5.41, 5.74) is 5.96. The second-order valence-corrected chi connectivity index (χ2v) is 10.5. The molecule has 2 aromatic rings. The maximum Gasteiger partial charge on any atom is 0.264 e. The van der Waals surface area contributed by atoms with Gasteiger partial charge in [0.25, 0.3) is 15.9 Å². The maximum atomic E-state index is 13.4. The zero-order valence-electron chi connectivity index (χ0n) is 18.6. The van der Waals surface area contributed by atoms with Crippen LogP contribution in [0.3, 0.4) is 0 Å². The van der Waals surface area contributed by atoms with Crippen LogP contribution < -0.4 is 9.73 Å². The third-order valence-corrected chi connectivity index (χ3v) is 7.78. The summed E-state index contributed by atoms with van der Waals surface area (Å²) in [5, 5.41) is 4.75. The zero-order valence-corrected chi connectivity index (χ0v) is 20.2. The van der Waals surface area contributed by atoms with Crippen molar-refractivity contribution in [1.82, 2.24) is 5.43 Å². The number of carbonyl (C=O) groups excluding carboxylic acids is 1. The Morgan fingerprint density at radius 3 is 2.22 bits per heavy atom. The van der Waals surface area contributed by atoms with Crippen LogP contribution in [-0.2, 0) is 14.8 Å². The number of aryl methyl sites for hydroxylation is 2. The number of carbonyl (C=O) groups is 1. The van der Waals surface area contributed by atoms with Crippen molar-refractivity contribution in [1.29, 1.82) is 0 Å². The van der Waals surface area contributed by atoms with Gasteiger partial charge in [0, 0.05) is 10.7 Å². The van der Waals surface area contributed by atoms with E-state index in [1.54, 1.807) is 12.1 Å². The summed E-state index contributed by atoms with van der Waals surface area (Å²) in [6.07, 6.45) is 7.45. The number of amides is 1. The highest BCUT2D eigenvalue weighted by atomic mass is 35.5. The van der Waals surface area contributed by atoms with Gasteiger partial charge >= 0.3 is 0 Å². The number of hydrogen-bond acceptors (Lipinski definition) is 4. The molecule has 0 heterocycles. The van der Waals surface area contributed by atoms with E-state index in [4.69, 9.17) is 11.6 Å². The molecule has 6 nitrogen and oxygen atoms in total. The van der Waals surface area contributed by atoms with Gasteiger partial charge in [-0.2, -0.15) is 5.10 Å². The minimum Gasteiger partial charge on any atom is -0.271 e. The third kappa shape index (κ3) is 6.33. The molecule has 1 saturated carbocycles. The number of nitrogens with zero attached hydrogens (tertiary/aromatic N) is 2.